The van der Waals surface area contributed by atoms with Gasteiger partial charge in [0.05, 0.1) is 10.5 Å². The molecule has 42 heavy (non-hydrogen) atoms. The molecule has 1 heterocycles. The maximum atomic E-state index is 13.4. The summed E-state index contributed by atoms with van der Waals surface area (Å²) < 4.78 is 32.8. The van der Waals surface area contributed by atoms with Crippen molar-refractivity contribution in [2.75, 3.05) is 5.32 Å². The van der Waals surface area contributed by atoms with Crippen LogP contribution in [-0.4, -0.2) is 37.4 Å². The minimum Gasteiger partial charge on any atom is -0.504 e. The van der Waals surface area contributed by atoms with Crippen LogP contribution in [0.25, 0.3) is 0 Å². The first kappa shape index (κ1) is 29.1. The van der Waals surface area contributed by atoms with Gasteiger partial charge in [0, 0.05) is 17.5 Å². The number of aliphatic hydroxyl groups excluding tert-OH is 1. The summed E-state index contributed by atoms with van der Waals surface area (Å²) in [6.07, 6.45) is 1.57. The fraction of sp³-hybridized carbons (Fsp3) is 0.281. The highest BCUT2D eigenvalue weighted by Crippen LogP contribution is 2.49. The number of benzene rings is 3. The van der Waals surface area contributed by atoms with Crippen LogP contribution in [0.2, 0.25) is 0 Å². The molecule has 5 rings (SSSR count). The van der Waals surface area contributed by atoms with Crippen LogP contribution in [-0.2, 0) is 30.8 Å². The lowest BCUT2D eigenvalue weighted by molar-refractivity contribution is -0.158. The highest BCUT2D eigenvalue weighted by Gasteiger charge is 2.47. The SMILES string of the molecule is CCC(Cc1ccccc1)C1OC(=O)C(C(c2cccc(NC(=O)NS(=O)(=O)c3ccccc3)c2)C2CC2)=C(O)C1=O. The monoisotopic (exact) mass is 588 g/mol. The summed E-state index contributed by atoms with van der Waals surface area (Å²) in [5.74, 6) is -2.86. The first-order valence-corrected chi connectivity index (χ1v) is 15.4. The van der Waals surface area contributed by atoms with Gasteiger partial charge in [-0.1, -0.05) is 67.6 Å². The van der Waals surface area contributed by atoms with E-state index in [1.54, 1.807) is 42.5 Å². The minimum absolute atomic E-state index is 0.00660. The number of nitrogens with one attached hydrogen (secondary N) is 2. The fourth-order valence-corrected chi connectivity index (χ4v) is 6.34. The molecule has 1 saturated carbocycles. The van der Waals surface area contributed by atoms with E-state index in [-0.39, 0.29) is 28.0 Å². The van der Waals surface area contributed by atoms with Crippen molar-refractivity contribution < 1.29 is 32.6 Å². The van der Waals surface area contributed by atoms with Crippen LogP contribution in [0.1, 0.15) is 43.2 Å². The number of anilines is 1. The molecule has 3 N–H and O–H groups in total. The van der Waals surface area contributed by atoms with Crippen molar-refractivity contribution in [3.63, 3.8) is 0 Å². The second kappa shape index (κ2) is 12.2. The number of ether oxygens (including phenoxy) is 1. The van der Waals surface area contributed by atoms with E-state index in [2.05, 4.69) is 5.32 Å². The quantitative estimate of drug-likeness (QED) is 0.274. The van der Waals surface area contributed by atoms with E-state index in [0.29, 0.717) is 18.4 Å². The summed E-state index contributed by atoms with van der Waals surface area (Å²) in [5.41, 5.74) is 1.79. The Bertz CT molecular complexity index is 1620. The van der Waals surface area contributed by atoms with Gasteiger partial charge in [0.1, 0.15) is 0 Å². The van der Waals surface area contributed by atoms with Crippen LogP contribution in [0.3, 0.4) is 0 Å². The third-order valence-electron chi connectivity index (χ3n) is 7.68. The molecule has 0 radical (unpaired) electrons. The van der Waals surface area contributed by atoms with Gasteiger partial charge in [0.15, 0.2) is 11.9 Å². The van der Waals surface area contributed by atoms with E-state index in [1.807, 2.05) is 42.0 Å². The standard InChI is InChI=1S/C32H32N2O7S/c1-2-21(18-20-10-5-3-6-11-20)30-29(36)28(35)27(31(37)41-30)26(22-16-17-22)23-12-9-13-24(19-23)33-32(38)34-42(39,40)25-14-7-4-8-15-25/h3-15,19,21-22,26,30,35H,2,16-18H2,1H3,(H2,33,34,38). The van der Waals surface area contributed by atoms with E-state index in [1.165, 1.54) is 12.1 Å². The van der Waals surface area contributed by atoms with Crippen molar-refractivity contribution in [2.45, 2.75) is 49.5 Å². The number of carbonyl (C=O) groups excluding carboxylic acids is 3. The molecule has 1 aliphatic heterocycles. The topological polar surface area (TPSA) is 139 Å². The Kier molecular flexibility index (Phi) is 8.44. The molecule has 2 aliphatic rings. The summed E-state index contributed by atoms with van der Waals surface area (Å²) in [6, 6.07) is 22.7. The Morgan fingerprint density at radius 1 is 0.976 bits per heavy atom. The van der Waals surface area contributed by atoms with Crippen molar-refractivity contribution in [1.29, 1.82) is 0 Å². The van der Waals surface area contributed by atoms with Gasteiger partial charge >= 0.3 is 12.0 Å². The highest BCUT2D eigenvalue weighted by molar-refractivity contribution is 7.90. The van der Waals surface area contributed by atoms with Crippen molar-refractivity contribution in [3.8, 4) is 0 Å². The number of carbonyl (C=O) groups is 3. The smallest absolute Gasteiger partial charge is 0.339 e. The van der Waals surface area contributed by atoms with Gasteiger partial charge in [-0.3, -0.25) is 4.79 Å². The predicted octanol–water partition coefficient (Wildman–Crippen LogP) is 5.27. The third-order valence-corrected chi connectivity index (χ3v) is 9.03. The molecular formula is C32H32N2O7S. The normalized spacial score (nSPS) is 18.6. The van der Waals surface area contributed by atoms with Crippen molar-refractivity contribution in [2.24, 2.45) is 11.8 Å². The molecule has 1 fully saturated rings. The number of esters is 1. The summed E-state index contributed by atoms with van der Waals surface area (Å²) in [4.78, 5) is 39.3. The van der Waals surface area contributed by atoms with Crippen LogP contribution in [0.4, 0.5) is 10.5 Å². The Morgan fingerprint density at radius 2 is 1.64 bits per heavy atom. The van der Waals surface area contributed by atoms with Gasteiger partial charge in [0.25, 0.3) is 10.0 Å². The highest BCUT2D eigenvalue weighted by atomic mass is 32.2. The van der Waals surface area contributed by atoms with Crippen LogP contribution in [0.5, 0.6) is 0 Å². The van der Waals surface area contributed by atoms with Crippen LogP contribution >= 0.6 is 0 Å². The predicted molar refractivity (Wildman–Crippen MR) is 156 cm³/mol. The number of aliphatic hydroxyl groups is 1. The second-order valence-corrected chi connectivity index (χ2v) is 12.3. The summed E-state index contributed by atoms with van der Waals surface area (Å²) in [5, 5.41) is 13.6. The van der Waals surface area contributed by atoms with Gasteiger partial charge < -0.3 is 15.2 Å². The Labute approximate surface area is 244 Å². The lowest BCUT2D eigenvalue weighted by Crippen LogP contribution is -2.42. The van der Waals surface area contributed by atoms with Gasteiger partial charge in [-0.25, -0.2) is 22.7 Å². The summed E-state index contributed by atoms with van der Waals surface area (Å²) in [6.45, 7) is 1.91. The molecule has 0 spiro atoms. The molecule has 1 aliphatic carbocycles. The first-order valence-electron chi connectivity index (χ1n) is 13.9. The number of amides is 2. The largest absolute Gasteiger partial charge is 0.504 e. The Balaban J connectivity index is 1.37. The molecule has 3 atom stereocenters. The van der Waals surface area contributed by atoms with Crippen molar-refractivity contribution in [3.05, 3.63) is 107 Å². The number of Topliss-reactive ketones (excluding diaryl/α,β-unsaturated/α-hetero) is 1. The number of rotatable bonds is 10. The van der Waals surface area contributed by atoms with Gasteiger partial charge in [0.2, 0.25) is 5.78 Å². The number of sulfonamides is 1. The van der Waals surface area contributed by atoms with Crippen molar-refractivity contribution in [1.82, 2.24) is 4.72 Å². The van der Waals surface area contributed by atoms with Gasteiger partial charge in [-0.2, -0.15) is 0 Å². The third kappa shape index (κ3) is 6.38. The van der Waals surface area contributed by atoms with Crippen LogP contribution in [0.15, 0.2) is 101 Å². The van der Waals surface area contributed by atoms with Gasteiger partial charge in [-0.05, 0) is 67.0 Å². The van der Waals surface area contributed by atoms with E-state index < -0.39 is 45.6 Å². The molecule has 0 bridgehead atoms. The zero-order valence-corrected chi connectivity index (χ0v) is 23.8. The molecule has 3 aromatic carbocycles. The molecule has 0 saturated heterocycles. The van der Waals surface area contributed by atoms with E-state index >= 15 is 0 Å². The number of hydrogen-bond donors (Lipinski definition) is 3. The van der Waals surface area contributed by atoms with E-state index in [4.69, 9.17) is 4.74 Å². The van der Waals surface area contributed by atoms with E-state index in [9.17, 15) is 27.9 Å². The molecule has 218 valence electrons. The van der Waals surface area contributed by atoms with E-state index in [0.717, 1.165) is 18.4 Å². The molecule has 2 amide bonds. The zero-order chi connectivity index (χ0) is 29.9. The molecular weight excluding hydrogens is 556 g/mol. The maximum Gasteiger partial charge on any atom is 0.339 e. The summed E-state index contributed by atoms with van der Waals surface area (Å²) in [7, 11) is -4.08. The van der Waals surface area contributed by atoms with Gasteiger partial charge in [-0.15, -0.1) is 0 Å². The second-order valence-electron chi connectivity index (χ2n) is 10.6. The number of urea groups is 1. The zero-order valence-electron chi connectivity index (χ0n) is 23.0. The number of ketones is 1. The maximum absolute atomic E-state index is 13.4. The molecule has 3 aromatic rings. The lowest BCUT2D eigenvalue weighted by Gasteiger charge is -2.31. The minimum atomic E-state index is -4.08. The van der Waals surface area contributed by atoms with Crippen molar-refractivity contribution >= 4 is 33.5 Å². The Morgan fingerprint density at radius 3 is 2.29 bits per heavy atom. The lowest BCUT2D eigenvalue weighted by atomic mass is 9.81. The molecule has 0 aromatic heterocycles. The molecule has 9 nitrogen and oxygen atoms in total. The number of hydrogen-bond acceptors (Lipinski definition) is 7. The first-order chi connectivity index (χ1) is 20.2. The molecule has 10 heteroatoms. The molecule has 3 unspecified atom stereocenters. The summed E-state index contributed by atoms with van der Waals surface area (Å²) >= 11 is 0. The fourth-order valence-electron chi connectivity index (χ4n) is 5.41. The number of cyclic esters (lactones) is 1. The Hall–Kier alpha value is -4.44. The average molecular weight is 589 g/mol. The average Bonchev–Trinajstić information content (AvgIpc) is 3.82. The van der Waals surface area contributed by atoms with Crippen LogP contribution in [0, 0.1) is 11.8 Å². The van der Waals surface area contributed by atoms with Crippen LogP contribution < -0.4 is 10.0 Å².